The molecule has 0 spiro atoms. The molecule has 0 aliphatic rings. The van der Waals surface area contributed by atoms with E-state index in [2.05, 4.69) is 95.2 Å². The first-order chi connectivity index (χ1) is 11.3. The molecule has 0 saturated carbocycles. The lowest BCUT2D eigenvalue weighted by Crippen LogP contribution is -2.33. The fourth-order valence-electron chi connectivity index (χ4n) is 4.46. The first-order valence-electron chi connectivity index (χ1n) is 10.2. The minimum atomic E-state index is -0.0620. The summed E-state index contributed by atoms with van der Waals surface area (Å²) in [5, 5.41) is 10.9. The van der Waals surface area contributed by atoms with Crippen LogP contribution in [-0.4, -0.2) is 5.11 Å². The Balaban J connectivity index is 3.33. The lowest BCUT2D eigenvalue weighted by Gasteiger charge is -2.41. The maximum absolute atomic E-state index is 10.9. The largest absolute Gasteiger partial charge is 0.507 e. The number of hydrogen-bond donors (Lipinski definition) is 1. The molecule has 0 amide bonds. The molecule has 0 aromatic heterocycles. The van der Waals surface area contributed by atoms with Crippen molar-refractivity contribution < 1.29 is 5.11 Å². The summed E-state index contributed by atoms with van der Waals surface area (Å²) < 4.78 is 0. The van der Waals surface area contributed by atoms with Crippen LogP contribution in [-0.2, 0) is 17.3 Å². The van der Waals surface area contributed by atoms with Crippen molar-refractivity contribution in [2.45, 2.75) is 107 Å². The van der Waals surface area contributed by atoms with Gasteiger partial charge in [0.2, 0.25) is 0 Å². The van der Waals surface area contributed by atoms with Crippen LogP contribution < -0.4 is 0 Å². The zero-order valence-corrected chi connectivity index (χ0v) is 19.6. The summed E-state index contributed by atoms with van der Waals surface area (Å²) in [6.45, 7) is 27.3. The van der Waals surface area contributed by atoms with E-state index in [1.54, 1.807) is 0 Å². The third-order valence-corrected chi connectivity index (χ3v) is 5.60. The molecule has 1 N–H and O–H groups in total. The van der Waals surface area contributed by atoms with Gasteiger partial charge in [-0.25, -0.2) is 0 Å². The highest BCUT2D eigenvalue weighted by atomic mass is 16.3. The Morgan fingerprint density at radius 3 is 1.31 bits per heavy atom. The summed E-state index contributed by atoms with van der Waals surface area (Å²) in [6, 6.07) is 4.49. The van der Waals surface area contributed by atoms with Crippen molar-refractivity contribution in [3.8, 4) is 5.75 Å². The van der Waals surface area contributed by atoms with Crippen LogP contribution in [0.1, 0.15) is 106 Å². The Morgan fingerprint density at radius 1 is 0.692 bits per heavy atom. The number of rotatable bonds is 3. The SMILES string of the molecule is CC(C)(C)c1cc(CCC(C(C)(C)C)C(C)(C)C)cc(C(C)(C)C)c1O. The Kier molecular flexibility index (Phi) is 6.39. The molecule has 0 atom stereocenters. The molecule has 1 heteroatoms. The van der Waals surface area contributed by atoms with Gasteiger partial charge in [0, 0.05) is 0 Å². The normalized spacial score (nSPS) is 14.2. The predicted octanol–water partition coefficient (Wildman–Crippen LogP) is 7.63. The summed E-state index contributed by atoms with van der Waals surface area (Å²) in [4.78, 5) is 0. The Labute approximate surface area is 163 Å². The van der Waals surface area contributed by atoms with Gasteiger partial charge in [-0.15, -0.1) is 0 Å². The van der Waals surface area contributed by atoms with Gasteiger partial charge in [0.15, 0.2) is 0 Å². The third-order valence-electron chi connectivity index (χ3n) is 5.60. The molecule has 1 aromatic rings. The van der Waals surface area contributed by atoms with Gasteiger partial charge >= 0.3 is 0 Å². The van der Waals surface area contributed by atoms with Gasteiger partial charge in [-0.05, 0) is 57.1 Å². The number of aromatic hydroxyl groups is 1. The molecule has 0 radical (unpaired) electrons. The summed E-state index contributed by atoms with van der Waals surface area (Å²) >= 11 is 0. The summed E-state index contributed by atoms with van der Waals surface area (Å²) in [7, 11) is 0. The standard InChI is InChI=1S/C25H44O/c1-22(2,3)18-15-17(16-19(21(18)26)23(4,5)6)13-14-20(24(7,8)9)25(10,11)12/h15-16,20,26H,13-14H2,1-12H3. The summed E-state index contributed by atoms with van der Waals surface area (Å²) in [6.07, 6.45) is 2.23. The highest BCUT2D eigenvalue weighted by Gasteiger charge is 2.34. The van der Waals surface area contributed by atoms with E-state index in [9.17, 15) is 5.11 Å². The summed E-state index contributed by atoms with van der Waals surface area (Å²) in [5.74, 6) is 1.12. The number of phenols is 1. The molecule has 0 fully saturated rings. The minimum Gasteiger partial charge on any atom is -0.507 e. The molecule has 0 bridgehead atoms. The van der Waals surface area contributed by atoms with Crippen molar-refractivity contribution in [2.75, 3.05) is 0 Å². The number of aryl methyl sites for hydroxylation is 1. The quantitative estimate of drug-likeness (QED) is 0.587. The van der Waals surface area contributed by atoms with E-state index in [0.717, 1.165) is 17.5 Å². The molecule has 0 aliphatic carbocycles. The third kappa shape index (κ3) is 5.76. The van der Waals surface area contributed by atoms with E-state index in [1.807, 2.05) is 0 Å². The van der Waals surface area contributed by atoms with Crippen LogP contribution >= 0.6 is 0 Å². The van der Waals surface area contributed by atoms with Crippen molar-refractivity contribution >= 4 is 0 Å². The second kappa shape index (κ2) is 7.21. The highest BCUT2D eigenvalue weighted by molar-refractivity contribution is 5.49. The van der Waals surface area contributed by atoms with E-state index >= 15 is 0 Å². The number of phenolic OH excluding ortho intramolecular Hbond substituents is 1. The van der Waals surface area contributed by atoms with Gasteiger partial charge in [0.25, 0.3) is 0 Å². The van der Waals surface area contributed by atoms with E-state index in [4.69, 9.17) is 0 Å². The fraction of sp³-hybridized carbons (Fsp3) is 0.760. The van der Waals surface area contributed by atoms with Gasteiger partial charge in [-0.2, -0.15) is 0 Å². The van der Waals surface area contributed by atoms with Crippen molar-refractivity contribution in [3.63, 3.8) is 0 Å². The second-order valence-corrected chi connectivity index (χ2v) is 12.4. The molecule has 0 aliphatic heterocycles. The zero-order valence-electron chi connectivity index (χ0n) is 19.6. The molecular weight excluding hydrogens is 316 g/mol. The highest BCUT2D eigenvalue weighted by Crippen LogP contribution is 2.44. The maximum atomic E-state index is 10.9. The van der Waals surface area contributed by atoms with Gasteiger partial charge in [-0.1, -0.05) is 95.2 Å². The van der Waals surface area contributed by atoms with Crippen molar-refractivity contribution in [2.24, 2.45) is 16.7 Å². The van der Waals surface area contributed by atoms with Crippen LogP contribution in [0.25, 0.3) is 0 Å². The van der Waals surface area contributed by atoms with E-state index in [1.165, 1.54) is 12.0 Å². The lowest BCUT2D eigenvalue weighted by atomic mass is 9.64. The van der Waals surface area contributed by atoms with Gasteiger partial charge in [0.05, 0.1) is 0 Å². The molecule has 1 aromatic carbocycles. The molecular formula is C25H44O. The first kappa shape index (κ1) is 23.1. The van der Waals surface area contributed by atoms with Crippen molar-refractivity contribution in [3.05, 3.63) is 28.8 Å². The topological polar surface area (TPSA) is 20.2 Å². The van der Waals surface area contributed by atoms with Crippen molar-refractivity contribution in [1.82, 2.24) is 0 Å². The fourth-order valence-corrected chi connectivity index (χ4v) is 4.46. The molecule has 150 valence electrons. The monoisotopic (exact) mass is 360 g/mol. The first-order valence-corrected chi connectivity index (χ1v) is 10.2. The molecule has 0 saturated heterocycles. The average molecular weight is 361 g/mol. The van der Waals surface area contributed by atoms with E-state index in [-0.39, 0.29) is 21.7 Å². The Bertz CT molecular complexity index is 561. The van der Waals surface area contributed by atoms with Crippen LogP contribution in [0.2, 0.25) is 0 Å². The van der Waals surface area contributed by atoms with E-state index in [0.29, 0.717) is 11.7 Å². The molecule has 0 unspecified atom stereocenters. The smallest absolute Gasteiger partial charge is 0.123 e. The Morgan fingerprint density at radius 2 is 1.04 bits per heavy atom. The van der Waals surface area contributed by atoms with Crippen LogP contribution in [0.3, 0.4) is 0 Å². The van der Waals surface area contributed by atoms with Crippen LogP contribution in [0.5, 0.6) is 5.75 Å². The van der Waals surface area contributed by atoms with Gasteiger partial charge in [0.1, 0.15) is 5.75 Å². The van der Waals surface area contributed by atoms with Crippen LogP contribution in [0.15, 0.2) is 12.1 Å². The predicted molar refractivity (Wildman–Crippen MR) is 116 cm³/mol. The average Bonchev–Trinajstić information content (AvgIpc) is 2.34. The van der Waals surface area contributed by atoms with Gasteiger partial charge in [-0.3, -0.25) is 0 Å². The second-order valence-electron chi connectivity index (χ2n) is 12.4. The number of hydrogen-bond acceptors (Lipinski definition) is 1. The number of benzene rings is 1. The molecule has 26 heavy (non-hydrogen) atoms. The molecule has 1 nitrogen and oxygen atoms in total. The maximum Gasteiger partial charge on any atom is 0.123 e. The zero-order chi connectivity index (χ0) is 20.7. The molecule has 1 rings (SSSR count). The van der Waals surface area contributed by atoms with Gasteiger partial charge < -0.3 is 5.11 Å². The molecule has 0 heterocycles. The van der Waals surface area contributed by atoms with E-state index < -0.39 is 0 Å². The lowest BCUT2D eigenvalue weighted by molar-refractivity contribution is 0.0931. The minimum absolute atomic E-state index is 0.0620. The van der Waals surface area contributed by atoms with Crippen LogP contribution in [0.4, 0.5) is 0 Å². The van der Waals surface area contributed by atoms with Crippen molar-refractivity contribution in [1.29, 1.82) is 0 Å². The van der Waals surface area contributed by atoms with Crippen LogP contribution in [0, 0.1) is 16.7 Å². The summed E-state index contributed by atoms with van der Waals surface area (Å²) in [5.41, 5.74) is 3.95. The Hall–Kier alpha value is -0.980.